The summed E-state index contributed by atoms with van der Waals surface area (Å²) in [6, 6.07) is 3.55. The van der Waals surface area contributed by atoms with Crippen LogP contribution in [0.2, 0.25) is 0 Å². The number of nitrogens with zero attached hydrogens (tertiary/aromatic N) is 2. The first-order valence-corrected chi connectivity index (χ1v) is 9.25. The fourth-order valence-corrected chi connectivity index (χ4v) is 3.53. The Balaban J connectivity index is 1.83. The van der Waals surface area contributed by atoms with Crippen LogP contribution in [0, 0.1) is 0 Å². The van der Waals surface area contributed by atoms with E-state index < -0.39 is 29.7 Å². The van der Waals surface area contributed by atoms with Crippen LogP contribution < -0.4 is 10.6 Å². The molecule has 2 aliphatic rings. The Kier molecular flexibility index (Phi) is 5.43. The third-order valence-corrected chi connectivity index (χ3v) is 5.04. The van der Waals surface area contributed by atoms with Crippen LogP contribution in [-0.2, 0) is 16.1 Å². The number of benzene rings is 1. The lowest BCUT2D eigenvalue weighted by Crippen LogP contribution is -2.54. The summed E-state index contributed by atoms with van der Waals surface area (Å²) >= 11 is 0. The number of carbonyl (C=O) groups is 5. The minimum Gasteiger partial charge on any atom is -0.334 e. The summed E-state index contributed by atoms with van der Waals surface area (Å²) in [5.74, 6) is -2.21. The molecule has 2 aliphatic heterocycles. The lowest BCUT2D eigenvalue weighted by molar-refractivity contribution is -0.136. The topological polar surface area (TPSA) is 116 Å². The summed E-state index contributed by atoms with van der Waals surface area (Å²) in [6.07, 6.45) is 0.167. The number of piperidine rings is 1. The Labute approximate surface area is 162 Å². The molecular weight excluding hydrogens is 364 g/mol. The van der Waals surface area contributed by atoms with Gasteiger partial charge in [0, 0.05) is 26.1 Å². The molecule has 0 aromatic heterocycles. The summed E-state index contributed by atoms with van der Waals surface area (Å²) in [5, 5.41) is 4.92. The third kappa shape index (κ3) is 3.35. The highest BCUT2D eigenvalue weighted by Gasteiger charge is 2.45. The van der Waals surface area contributed by atoms with Gasteiger partial charge >= 0.3 is 6.03 Å². The second kappa shape index (κ2) is 7.79. The van der Waals surface area contributed by atoms with E-state index in [2.05, 4.69) is 10.6 Å². The van der Waals surface area contributed by atoms with Gasteiger partial charge in [-0.15, -0.1) is 0 Å². The van der Waals surface area contributed by atoms with Crippen molar-refractivity contribution in [3.63, 3.8) is 0 Å². The number of hydrogen-bond donors (Lipinski definition) is 2. The van der Waals surface area contributed by atoms with Crippen LogP contribution in [0.25, 0.3) is 0 Å². The molecular formula is C19H22N4O5. The Morgan fingerprint density at radius 3 is 2.54 bits per heavy atom. The monoisotopic (exact) mass is 386 g/mol. The molecule has 6 amide bonds. The first kappa shape index (κ1) is 19.5. The largest absolute Gasteiger partial charge is 0.334 e. The molecule has 1 aromatic rings. The zero-order valence-corrected chi connectivity index (χ0v) is 15.8. The molecule has 3 rings (SSSR count). The van der Waals surface area contributed by atoms with E-state index in [0.717, 1.165) is 4.90 Å². The van der Waals surface area contributed by atoms with E-state index in [1.807, 2.05) is 13.8 Å². The minimum atomic E-state index is -1.01. The van der Waals surface area contributed by atoms with Gasteiger partial charge in [0.25, 0.3) is 11.8 Å². The van der Waals surface area contributed by atoms with Crippen molar-refractivity contribution >= 4 is 29.7 Å². The van der Waals surface area contributed by atoms with Crippen molar-refractivity contribution in [2.45, 2.75) is 39.3 Å². The van der Waals surface area contributed by atoms with Crippen LogP contribution in [-0.4, -0.2) is 58.6 Å². The van der Waals surface area contributed by atoms with Crippen LogP contribution in [0.1, 0.15) is 53.0 Å². The predicted octanol–water partition coefficient (Wildman–Crippen LogP) is 0.639. The van der Waals surface area contributed by atoms with Crippen LogP contribution in [0.5, 0.6) is 0 Å². The molecule has 0 radical (unpaired) electrons. The smallest absolute Gasteiger partial charge is 0.317 e. The SMILES string of the molecule is CCN(CC)C(=O)NCc1cccc2c1C(=O)N(C1CCC(=O)NC1=O)C2=O. The van der Waals surface area contributed by atoms with E-state index in [1.165, 1.54) is 6.07 Å². The third-order valence-electron chi connectivity index (χ3n) is 5.04. The summed E-state index contributed by atoms with van der Waals surface area (Å²) in [4.78, 5) is 63.9. The zero-order chi connectivity index (χ0) is 20.4. The van der Waals surface area contributed by atoms with E-state index in [4.69, 9.17) is 0 Å². The van der Waals surface area contributed by atoms with Gasteiger partial charge in [0.15, 0.2) is 0 Å². The molecule has 0 saturated carbocycles. The number of urea groups is 1. The van der Waals surface area contributed by atoms with Gasteiger partial charge in [0.05, 0.1) is 11.1 Å². The first-order valence-electron chi connectivity index (χ1n) is 9.25. The average Bonchev–Trinajstić information content (AvgIpc) is 2.93. The van der Waals surface area contributed by atoms with Gasteiger partial charge in [0.1, 0.15) is 6.04 Å². The van der Waals surface area contributed by atoms with Crippen LogP contribution in [0.15, 0.2) is 18.2 Å². The molecule has 9 heteroatoms. The van der Waals surface area contributed by atoms with Gasteiger partial charge in [-0.25, -0.2) is 4.79 Å². The van der Waals surface area contributed by atoms with E-state index in [-0.39, 0.29) is 36.5 Å². The normalized spacial score (nSPS) is 18.8. The first-order chi connectivity index (χ1) is 13.4. The van der Waals surface area contributed by atoms with Crippen molar-refractivity contribution in [1.29, 1.82) is 0 Å². The van der Waals surface area contributed by atoms with E-state index >= 15 is 0 Å². The van der Waals surface area contributed by atoms with Crippen molar-refractivity contribution in [3.8, 4) is 0 Å². The molecule has 148 valence electrons. The number of hydrogen-bond acceptors (Lipinski definition) is 5. The number of nitrogens with one attached hydrogen (secondary N) is 2. The van der Waals surface area contributed by atoms with Gasteiger partial charge in [0.2, 0.25) is 11.8 Å². The molecule has 2 heterocycles. The fourth-order valence-electron chi connectivity index (χ4n) is 3.53. The minimum absolute atomic E-state index is 0.0661. The second-order valence-corrected chi connectivity index (χ2v) is 6.62. The number of amides is 6. The predicted molar refractivity (Wildman–Crippen MR) is 98.3 cm³/mol. The summed E-state index contributed by atoms with van der Waals surface area (Å²) < 4.78 is 0. The number of fused-ring (bicyclic) bond motifs is 1. The van der Waals surface area contributed by atoms with Crippen molar-refractivity contribution in [2.24, 2.45) is 0 Å². The highest BCUT2D eigenvalue weighted by Crippen LogP contribution is 2.29. The molecule has 1 aromatic carbocycles. The molecule has 1 atom stereocenters. The Morgan fingerprint density at radius 1 is 1.18 bits per heavy atom. The fraction of sp³-hybridized carbons (Fsp3) is 0.421. The lowest BCUT2D eigenvalue weighted by atomic mass is 10.0. The molecule has 2 N–H and O–H groups in total. The Morgan fingerprint density at radius 2 is 1.89 bits per heavy atom. The van der Waals surface area contributed by atoms with Gasteiger partial charge < -0.3 is 10.2 Å². The van der Waals surface area contributed by atoms with Gasteiger partial charge in [-0.05, 0) is 31.9 Å². The van der Waals surface area contributed by atoms with Gasteiger partial charge in [-0.2, -0.15) is 0 Å². The maximum atomic E-state index is 13.0. The molecule has 9 nitrogen and oxygen atoms in total. The van der Waals surface area contributed by atoms with Gasteiger partial charge in [-0.3, -0.25) is 29.4 Å². The maximum Gasteiger partial charge on any atom is 0.317 e. The molecule has 1 fully saturated rings. The number of carbonyl (C=O) groups excluding carboxylic acids is 5. The molecule has 1 saturated heterocycles. The van der Waals surface area contributed by atoms with Crippen LogP contribution in [0.4, 0.5) is 4.79 Å². The van der Waals surface area contributed by atoms with E-state index in [0.29, 0.717) is 18.7 Å². The zero-order valence-electron chi connectivity index (χ0n) is 15.8. The standard InChI is InChI=1S/C19H22N4O5/c1-3-22(4-2)19(28)20-10-11-6-5-7-12-15(11)18(27)23(17(12)26)13-8-9-14(24)21-16(13)25/h5-7,13H,3-4,8-10H2,1-2H3,(H,20,28)(H,21,24,25). The number of imide groups is 2. The maximum absolute atomic E-state index is 13.0. The van der Waals surface area contributed by atoms with Gasteiger partial charge in [-0.1, -0.05) is 12.1 Å². The molecule has 0 aliphatic carbocycles. The molecule has 1 unspecified atom stereocenters. The highest BCUT2D eigenvalue weighted by molar-refractivity contribution is 6.24. The summed E-state index contributed by atoms with van der Waals surface area (Å²) in [7, 11) is 0. The highest BCUT2D eigenvalue weighted by atomic mass is 16.2. The average molecular weight is 386 g/mol. The molecule has 0 spiro atoms. The summed E-state index contributed by atoms with van der Waals surface area (Å²) in [5.41, 5.74) is 0.896. The number of rotatable bonds is 5. The Bertz CT molecular complexity index is 862. The second-order valence-electron chi connectivity index (χ2n) is 6.62. The summed E-state index contributed by atoms with van der Waals surface area (Å²) in [6.45, 7) is 4.92. The Hall–Kier alpha value is -3.23. The quantitative estimate of drug-likeness (QED) is 0.721. The van der Waals surface area contributed by atoms with Crippen molar-refractivity contribution in [3.05, 3.63) is 34.9 Å². The van der Waals surface area contributed by atoms with Crippen LogP contribution >= 0.6 is 0 Å². The molecule has 0 bridgehead atoms. The van der Waals surface area contributed by atoms with Crippen molar-refractivity contribution < 1.29 is 24.0 Å². The van der Waals surface area contributed by atoms with Crippen LogP contribution in [0.3, 0.4) is 0 Å². The van der Waals surface area contributed by atoms with Crippen molar-refractivity contribution in [2.75, 3.05) is 13.1 Å². The van der Waals surface area contributed by atoms with E-state index in [1.54, 1.807) is 17.0 Å². The van der Waals surface area contributed by atoms with E-state index in [9.17, 15) is 24.0 Å². The lowest BCUT2D eigenvalue weighted by Gasteiger charge is -2.27. The van der Waals surface area contributed by atoms with Crippen molar-refractivity contribution in [1.82, 2.24) is 20.4 Å². The molecule has 28 heavy (non-hydrogen) atoms.